The van der Waals surface area contributed by atoms with Gasteiger partial charge < -0.3 is 51.0 Å². The Bertz CT molecular complexity index is 1950. The Hall–Kier alpha value is -4.60. The van der Waals surface area contributed by atoms with Gasteiger partial charge in [-0.1, -0.05) is 18.2 Å². The average molecular weight is 777 g/mol. The van der Waals surface area contributed by atoms with Gasteiger partial charge in [-0.25, -0.2) is 18.0 Å². The van der Waals surface area contributed by atoms with Crippen LogP contribution in [-0.2, 0) is 43.4 Å². The number of ketones is 2. The molecule has 2 atom stereocenters. The summed E-state index contributed by atoms with van der Waals surface area (Å²) in [7, 11) is -1.67. The second kappa shape index (κ2) is 19.1. The van der Waals surface area contributed by atoms with Crippen LogP contribution in [0.25, 0.3) is 0 Å². The summed E-state index contributed by atoms with van der Waals surface area (Å²) in [4.78, 5) is 57.3. The van der Waals surface area contributed by atoms with Crippen molar-refractivity contribution in [2.24, 2.45) is 11.5 Å². The number of nitrogens with one attached hydrogen (secondary N) is 1. The van der Waals surface area contributed by atoms with Crippen molar-refractivity contribution in [1.29, 1.82) is 0 Å². The number of rotatable bonds is 10. The Morgan fingerprint density at radius 1 is 0.815 bits per heavy atom. The normalized spacial score (nSPS) is 14.4. The summed E-state index contributed by atoms with van der Waals surface area (Å²) in [6, 6.07) is 5.94. The Balaban J connectivity index is 0.000000306. The highest BCUT2D eigenvalue weighted by Gasteiger charge is 2.35. The van der Waals surface area contributed by atoms with Gasteiger partial charge in [-0.3, -0.25) is 19.2 Å². The Morgan fingerprint density at radius 2 is 1.33 bits per heavy atom. The third kappa shape index (κ3) is 9.93. The number of nitrogens with two attached hydrogens (primary N) is 2. The molecule has 0 aromatic heterocycles. The smallest absolute Gasteiger partial charge is 0.480 e. The van der Waals surface area contributed by atoms with Crippen molar-refractivity contribution in [2.75, 3.05) is 6.54 Å². The number of Topliss-reactive ketones (excluding diaryl/α,β-unsaturated/α-hetero) is 2. The van der Waals surface area contributed by atoms with Gasteiger partial charge in [-0.05, 0) is 53.7 Å². The molecule has 0 fully saturated rings. The monoisotopic (exact) mass is 776 g/mol. The van der Waals surface area contributed by atoms with Crippen molar-refractivity contribution < 1.29 is 71.4 Å². The molecule has 0 bridgehead atoms. The molecule has 22 heteroatoms. The third-order valence-corrected chi connectivity index (χ3v) is 8.30. The Labute approximate surface area is 313 Å². The molecule has 0 saturated carbocycles. The van der Waals surface area contributed by atoms with E-state index in [0.717, 1.165) is 11.6 Å². The van der Waals surface area contributed by atoms with Crippen LogP contribution >= 0.6 is 12.4 Å². The SMILES string of the molecule is CC(=O)c1ccc2c(c1F)[B]OC2.Cl.NC[C@H](N)C(=O)O.O=C(CC[C@H](NC(=O)c1ccc2c(c1F)B(O)OC2)C(=O)O)c1ccc2c(c1F)B(O)OC2. The lowest BCUT2D eigenvalue weighted by Gasteiger charge is -2.15. The molecule has 3 aliphatic rings. The Morgan fingerprint density at radius 3 is 1.83 bits per heavy atom. The zero-order valence-corrected chi connectivity index (χ0v) is 29.2. The van der Waals surface area contributed by atoms with E-state index in [2.05, 4.69) is 5.32 Å². The first kappa shape index (κ1) is 43.8. The van der Waals surface area contributed by atoms with E-state index in [4.69, 9.17) is 30.5 Å². The molecule has 6 rings (SSSR count). The van der Waals surface area contributed by atoms with Crippen LogP contribution in [-0.4, -0.2) is 90.0 Å². The Kier molecular flexibility index (Phi) is 15.5. The van der Waals surface area contributed by atoms with Crippen LogP contribution in [0.5, 0.6) is 0 Å². The van der Waals surface area contributed by atoms with Crippen LogP contribution in [0, 0.1) is 17.5 Å². The van der Waals surface area contributed by atoms with Crippen LogP contribution in [0.4, 0.5) is 13.2 Å². The molecule has 9 N–H and O–H groups in total. The number of benzene rings is 3. The van der Waals surface area contributed by atoms with E-state index in [1.165, 1.54) is 38.7 Å². The fourth-order valence-electron chi connectivity index (χ4n) is 5.32. The molecule has 1 radical (unpaired) electrons. The van der Waals surface area contributed by atoms with Crippen LogP contribution in [0.15, 0.2) is 36.4 Å². The van der Waals surface area contributed by atoms with Gasteiger partial charge in [0.05, 0.1) is 36.5 Å². The number of fused-ring (bicyclic) bond motifs is 3. The van der Waals surface area contributed by atoms with Crippen LogP contribution in [0.3, 0.4) is 0 Å². The number of carbonyl (C=O) groups is 5. The highest BCUT2D eigenvalue weighted by molar-refractivity contribution is 6.62. The van der Waals surface area contributed by atoms with Crippen molar-refractivity contribution >= 4 is 79.9 Å². The number of hydrogen-bond acceptors (Lipinski definition) is 12. The summed E-state index contributed by atoms with van der Waals surface area (Å²) in [5, 5.41) is 39.0. The number of halogens is 4. The number of amides is 1. The van der Waals surface area contributed by atoms with E-state index in [-0.39, 0.29) is 60.0 Å². The van der Waals surface area contributed by atoms with Gasteiger partial charge in [0.25, 0.3) is 5.91 Å². The number of hydrogen-bond donors (Lipinski definition) is 7. The molecule has 15 nitrogen and oxygen atoms in total. The minimum absolute atomic E-state index is 0. The summed E-state index contributed by atoms with van der Waals surface area (Å²) in [5.74, 6) is -7.03. The molecule has 0 spiro atoms. The van der Waals surface area contributed by atoms with Gasteiger partial charge in [0.2, 0.25) is 0 Å². The first-order chi connectivity index (χ1) is 25.1. The third-order valence-electron chi connectivity index (χ3n) is 8.30. The van der Waals surface area contributed by atoms with E-state index in [1.54, 1.807) is 6.07 Å². The number of aliphatic carboxylic acids is 2. The molecule has 3 heterocycles. The second-order valence-corrected chi connectivity index (χ2v) is 11.8. The molecule has 285 valence electrons. The molecule has 3 aromatic rings. The summed E-state index contributed by atoms with van der Waals surface area (Å²) in [6.07, 6.45) is -0.836. The zero-order valence-electron chi connectivity index (χ0n) is 28.3. The highest BCUT2D eigenvalue weighted by Crippen LogP contribution is 2.19. The van der Waals surface area contributed by atoms with E-state index in [9.17, 15) is 52.3 Å². The maximum absolute atomic E-state index is 14.7. The molecule has 3 aliphatic heterocycles. The molecule has 54 heavy (non-hydrogen) atoms. The summed E-state index contributed by atoms with van der Waals surface area (Å²) in [5.41, 5.74) is 10.7. The lowest BCUT2D eigenvalue weighted by Crippen LogP contribution is -2.42. The summed E-state index contributed by atoms with van der Waals surface area (Å²) in [6.45, 7) is 1.70. The molecular formula is C32H33B3ClF3N3O12. The van der Waals surface area contributed by atoms with Crippen LogP contribution < -0.4 is 33.2 Å². The lowest BCUT2D eigenvalue weighted by atomic mass is 9.77. The van der Waals surface area contributed by atoms with Gasteiger partial charge in [0, 0.05) is 23.9 Å². The first-order valence-electron chi connectivity index (χ1n) is 15.8. The fourth-order valence-corrected chi connectivity index (χ4v) is 5.32. The maximum atomic E-state index is 14.7. The van der Waals surface area contributed by atoms with Crippen molar-refractivity contribution in [3.8, 4) is 0 Å². The van der Waals surface area contributed by atoms with Gasteiger partial charge in [-0.2, -0.15) is 0 Å². The molecular weight excluding hydrogens is 743 g/mol. The summed E-state index contributed by atoms with van der Waals surface area (Å²) >= 11 is 0. The number of carboxylic acids is 2. The highest BCUT2D eigenvalue weighted by atomic mass is 35.5. The van der Waals surface area contributed by atoms with E-state index >= 15 is 0 Å². The van der Waals surface area contributed by atoms with E-state index in [1.807, 2.05) is 0 Å². The molecule has 1 amide bonds. The molecule has 0 saturated heterocycles. The number of carbonyl (C=O) groups excluding carboxylic acids is 3. The van der Waals surface area contributed by atoms with E-state index < -0.39 is 85.8 Å². The predicted octanol–water partition coefficient (Wildman–Crippen LogP) is -1.17. The van der Waals surface area contributed by atoms with Gasteiger partial charge in [0.1, 0.15) is 29.5 Å². The predicted molar refractivity (Wildman–Crippen MR) is 189 cm³/mol. The quantitative estimate of drug-likeness (QED) is 0.0946. The fraction of sp³-hybridized carbons (Fsp3) is 0.281. The topological polar surface area (TPSA) is 258 Å². The zero-order chi connectivity index (χ0) is 39.1. The van der Waals surface area contributed by atoms with E-state index in [0.29, 0.717) is 23.2 Å². The van der Waals surface area contributed by atoms with Crippen LogP contribution in [0.1, 0.15) is 67.5 Å². The molecule has 0 unspecified atom stereocenters. The minimum atomic E-state index is -1.57. The largest absolute Gasteiger partial charge is 0.494 e. The van der Waals surface area contributed by atoms with Gasteiger partial charge >= 0.3 is 33.7 Å². The minimum Gasteiger partial charge on any atom is -0.480 e. The van der Waals surface area contributed by atoms with Crippen molar-refractivity contribution in [3.63, 3.8) is 0 Å². The molecule has 0 aliphatic carbocycles. The lowest BCUT2D eigenvalue weighted by molar-refractivity contribution is -0.139. The van der Waals surface area contributed by atoms with Gasteiger partial charge in [-0.15, -0.1) is 12.4 Å². The van der Waals surface area contributed by atoms with Crippen molar-refractivity contribution in [1.82, 2.24) is 5.32 Å². The standard InChI is InChI=1S/C20H17B2F2NO8.C9H7BFO2.C3H8N2O2.ClH/c23-17-11(3-1-9-7-32-21(30)15(9)17)14(26)6-5-13(20(28)29)25-19(27)12-4-2-10-8-33-22(31)16(10)18(12)24;1-5(12)7-3-2-6-4-13-10-8(6)9(7)11;4-1-2(5)3(6)7;/h1-4,13,30-31H,5-8H2,(H,25,27)(H,28,29);2-3H,4H2,1H3;2H,1,4-5H2,(H,6,7);1H/t13-;;2-;/m0.0./s1. The average Bonchev–Trinajstić information content (AvgIpc) is 3.86. The first-order valence-corrected chi connectivity index (χ1v) is 15.8. The summed E-state index contributed by atoms with van der Waals surface area (Å²) < 4.78 is 57.6. The van der Waals surface area contributed by atoms with Crippen molar-refractivity contribution in [2.45, 2.75) is 51.7 Å². The second-order valence-electron chi connectivity index (χ2n) is 11.8. The molecule has 3 aromatic carbocycles. The van der Waals surface area contributed by atoms with Gasteiger partial charge in [0.15, 0.2) is 11.6 Å². The van der Waals surface area contributed by atoms with Crippen molar-refractivity contribution in [3.05, 3.63) is 87.2 Å². The number of carboxylic acid groups (broad SMARTS) is 2. The maximum Gasteiger partial charge on any atom is 0.494 e. The van der Waals surface area contributed by atoms with Crippen LogP contribution in [0.2, 0.25) is 0 Å².